The van der Waals surface area contributed by atoms with Crippen LogP contribution in [0.25, 0.3) is 0 Å². The Morgan fingerprint density at radius 3 is 2.89 bits per heavy atom. The zero-order valence-electron chi connectivity index (χ0n) is 10.4. The maximum absolute atomic E-state index is 12.0. The molecule has 0 aliphatic carbocycles. The predicted octanol–water partition coefficient (Wildman–Crippen LogP) is 1.99. The van der Waals surface area contributed by atoms with E-state index in [9.17, 15) is 4.79 Å². The molecule has 100 valence electrons. The predicted molar refractivity (Wildman–Crippen MR) is 76.5 cm³/mol. The largest absolute Gasteiger partial charge is 0.360 e. The van der Waals surface area contributed by atoms with Crippen LogP contribution in [0.1, 0.15) is 36.0 Å². The van der Waals surface area contributed by atoms with Gasteiger partial charge in [0.25, 0.3) is 5.91 Å². The number of nitrogens with zero attached hydrogens (tertiary/aromatic N) is 2. The number of hydrogen-bond donors (Lipinski definition) is 2. The molecule has 1 aliphatic heterocycles. The Kier molecular flexibility index (Phi) is 5.25. The zero-order chi connectivity index (χ0) is 12.8. The number of carbonyl (C=O) groups is 1. The minimum absolute atomic E-state index is 0.0889. The molecule has 1 amide bonds. The van der Waals surface area contributed by atoms with E-state index in [4.69, 9.17) is 0 Å². The number of anilines is 1. The number of aromatic nitrogens is 2. The Morgan fingerprint density at radius 1 is 1.39 bits per heavy atom. The lowest BCUT2D eigenvalue weighted by atomic mass is 10.1. The van der Waals surface area contributed by atoms with E-state index in [1.807, 2.05) is 11.8 Å². The lowest BCUT2D eigenvalue weighted by molar-refractivity contribution is 0.0933. The van der Waals surface area contributed by atoms with Crippen LogP contribution in [0.2, 0.25) is 0 Å². The van der Waals surface area contributed by atoms with Crippen LogP contribution in [0.3, 0.4) is 0 Å². The molecule has 2 rings (SSSR count). The van der Waals surface area contributed by atoms with E-state index < -0.39 is 0 Å². The fourth-order valence-electron chi connectivity index (χ4n) is 1.71. The number of nitrogens with one attached hydrogen (secondary N) is 2. The van der Waals surface area contributed by atoms with E-state index in [0.717, 1.165) is 42.4 Å². The van der Waals surface area contributed by atoms with Crippen molar-refractivity contribution in [3.63, 3.8) is 0 Å². The molecule has 1 aliphatic rings. The van der Waals surface area contributed by atoms with E-state index in [1.54, 1.807) is 0 Å². The van der Waals surface area contributed by atoms with Gasteiger partial charge in [-0.3, -0.25) is 4.79 Å². The summed E-state index contributed by atoms with van der Waals surface area (Å²) in [6.45, 7) is 2.94. The molecule has 0 unspecified atom stereocenters. The van der Waals surface area contributed by atoms with Crippen LogP contribution in [0.15, 0.2) is 0 Å². The van der Waals surface area contributed by atoms with Crippen molar-refractivity contribution in [3.05, 3.63) is 5.01 Å². The molecular formula is C11H18N4OS2. The maximum Gasteiger partial charge on any atom is 0.282 e. The molecule has 1 aromatic rings. The monoisotopic (exact) mass is 286 g/mol. The standard InChI is InChI=1S/C11H18N4OS2/c1-2-5-12-11-15-14-10(18-11)9(16)13-8-3-6-17-7-4-8/h8H,2-7H2,1H3,(H,12,15)(H,13,16). The average molecular weight is 286 g/mol. The Bertz CT molecular complexity index is 390. The van der Waals surface area contributed by atoms with Crippen molar-refractivity contribution >= 4 is 34.1 Å². The number of carbonyl (C=O) groups excluding carboxylic acids is 1. The summed E-state index contributed by atoms with van der Waals surface area (Å²) in [7, 11) is 0. The number of hydrogen-bond acceptors (Lipinski definition) is 6. The highest BCUT2D eigenvalue weighted by Gasteiger charge is 2.19. The molecule has 0 aromatic carbocycles. The number of amides is 1. The van der Waals surface area contributed by atoms with Crippen molar-refractivity contribution in [1.29, 1.82) is 0 Å². The molecule has 7 heteroatoms. The Hall–Kier alpha value is -0.820. The zero-order valence-corrected chi connectivity index (χ0v) is 12.1. The lowest BCUT2D eigenvalue weighted by Gasteiger charge is -2.21. The first-order valence-corrected chi connectivity index (χ1v) is 8.22. The van der Waals surface area contributed by atoms with Crippen LogP contribution in [0.4, 0.5) is 5.13 Å². The first kappa shape index (κ1) is 13.6. The highest BCUT2D eigenvalue weighted by Crippen LogP contribution is 2.19. The number of rotatable bonds is 5. The van der Waals surface area contributed by atoms with Gasteiger partial charge in [-0.05, 0) is 30.8 Å². The minimum atomic E-state index is -0.0889. The van der Waals surface area contributed by atoms with Gasteiger partial charge in [-0.25, -0.2) is 0 Å². The molecule has 0 atom stereocenters. The SMILES string of the molecule is CCCNc1nnc(C(=O)NC2CCSCC2)s1. The average Bonchev–Trinajstić information content (AvgIpc) is 2.86. The molecule has 0 radical (unpaired) electrons. The molecule has 2 N–H and O–H groups in total. The van der Waals surface area contributed by atoms with Crippen molar-refractivity contribution in [2.75, 3.05) is 23.4 Å². The van der Waals surface area contributed by atoms with Gasteiger partial charge in [-0.1, -0.05) is 18.3 Å². The van der Waals surface area contributed by atoms with E-state index in [1.165, 1.54) is 11.3 Å². The van der Waals surface area contributed by atoms with Crippen molar-refractivity contribution in [2.24, 2.45) is 0 Å². The van der Waals surface area contributed by atoms with Gasteiger partial charge in [-0.15, -0.1) is 10.2 Å². The minimum Gasteiger partial charge on any atom is -0.360 e. The number of thioether (sulfide) groups is 1. The van der Waals surface area contributed by atoms with Crippen LogP contribution in [0.5, 0.6) is 0 Å². The summed E-state index contributed by atoms with van der Waals surface area (Å²) >= 11 is 3.27. The van der Waals surface area contributed by atoms with Gasteiger partial charge in [0.15, 0.2) is 0 Å². The molecule has 5 nitrogen and oxygen atoms in total. The van der Waals surface area contributed by atoms with Gasteiger partial charge in [0.1, 0.15) is 0 Å². The smallest absolute Gasteiger partial charge is 0.282 e. The summed E-state index contributed by atoms with van der Waals surface area (Å²) in [6.07, 6.45) is 3.13. The summed E-state index contributed by atoms with van der Waals surface area (Å²) in [4.78, 5) is 12.0. The van der Waals surface area contributed by atoms with Gasteiger partial charge >= 0.3 is 0 Å². The second-order valence-electron chi connectivity index (χ2n) is 4.20. The topological polar surface area (TPSA) is 66.9 Å². The van der Waals surface area contributed by atoms with Crippen molar-refractivity contribution in [2.45, 2.75) is 32.2 Å². The Labute approximate surface area is 115 Å². The highest BCUT2D eigenvalue weighted by atomic mass is 32.2. The summed E-state index contributed by atoms with van der Waals surface area (Å²) < 4.78 is 0. The fourth-order valence-corrected chi connectivity index (χ4v) is 3.49. The van der Waals surface area contributed by atoms with Gasteiger partial charge in [-0.2, -0.15) is 11.8 Å². The van der Waals surface area contributed by atoms with E-state index in [-0.39, 0.29) is 5.91 Å². The van der Waals surface area contributed by atoms with Crippen molar-refractivity contribution in [1.82, 2.24) is 15.5 Å². The third kappa shape index (κ3) is 3.84. The molecule has 18 heavy (non-hydrogen) atoms. The summed E-state index contributed by atoms with van der Waals surface area (Å²) in [5.74, 6) is 2.17. The van der Waals surface area contributed by atoms with E-state index in [0.29, 0.717) is 11.0 Å². The van der Waals surface area contributed by atoms with Gasteiger partial charge in [0.05, 0.1) is 0 Å². The van der Waals surface area contributed by atoms with Crippen LogP contribution < -0.4 is 10.6 Å². The summed E-state index contributed by atoms with van der Waals surface area (Å²) in [6, 6.07) is 0.301. The Balaban J connectivity index is 1.85. The van der Waals surface area contributed by atoms with Gasteiger partial charge < -0.3 is 10.6 Å². The maximum atomic E-state index is 12.0. The van der Waals surface area contributed by atoms with Crippen molar-refractivity contribution in [3.8, 4) is 0 Å². The van der Waals surface area contributed by atoms with Crippen LogP contribution >= 0.6 is 23.1 Å². The second-order valence-corrected chi connectivity index (χ2v) is 6.40. The summed E-state index contributed by atoms with van der Waals surface area (Å²) in [5.41, 5.74) is 0. The normalized spacial score (nSPS) is 16.5. The van der Waals surface area contributed by atoms with E-state index >= 15 is 0 Å². The first-order valence-electron chi connectivity index (χ1n) is 6.25. The summed E-state index contributed by atoms with van der Waals surface area (Å²) in [5, 5.41) is 15.2. The first-order chi connectivity index (χ1) is 8.79. The molecule has 0 spiro atoms. The quantitative estimate of drug-likeness (QED) is 0.866. The van der Waals surface area contributed by atoms with Gasteiger partial charge in [0, 0.05) is 12.6 Å². The molecule has 0 bridgehead atoms. The molecule has 1 fully saturated rings. The molecule has 0 saturated carbocycles. The highest BCUT2D eigenvalue weighted by molar-refractivity contribution is 7.99. The van der Waals surface area contributed by atoms with Crippen molar-refractivity contribution < 1.29 is 4.79 Å². The van der Waals surface area contributed by atoms with Gasteiger partial charge in [0.2, 0.25) is 10.1 Å². The van der Waals surface area contributed by atoms with Crippen LogP contribution in [-0.4, -0.2) is 40.2 Å². The molecule has 1 aromatic heterocycles. The van der Waals surface area contributed by atoms with Crippen LogP contribution in [0, 0.1) is 0 Å². The molecule has 1 saturated heterocycles. The van der Waals surface area contributed by atoms with E-state index in [2.05, 4.69) is 27.8 Å². The molecule has 2 heterocycles. The third-order valence-corrected chi connectivity index (χ3v) is 4.63. The van der Waals surface area contributed by atoms with Crippen LogP contribution in [-0.2, 0) is 0 Å². The third-order valence-electron chi connectivity index (χ3n) is 2.70. The second kappa shape index (κ2) is 6.94. The fraction of sp³-hybridized carbons (Fsp3) is 0.727. The Morgan fingerprint density at radius 2 is 2.17 bits per heavy atom. The lowest BCUT2D eigenvalue weighted by Crippen LogP contribution is -2.37. The molecular weight excluding hydrogens is 268 g/mol.